The topological polar surface area (TPSA) is 74.2 Å². The first kappa shape index (κ1) is 23.7. The Morgan fingerprint density at radius 1 is 0.714 bits per heavy atom. The molecule has 2 fully saturated rings. The van der Waals surface area contributed by atoms with Crippen LogP contribution in [0.2, 0.25) is 0 Å². The van der Waals surface area contributed by atoms with Gasteiger partial charge in [0.1, 0.15) is 12.2 Å². The van der Waals surface area contributed by atoms with E-state index in [1.807, 2.05) is 91.0 Å². The second-order valence-electron chi connectivity index (χ2n) is 9.10. The van der Waals surface area contributed by atoms with Crippen molar-refractivity contribution in [2.45, 2.75) is 44.2 Å². The van der Waals surface area contributed by atoms with Crippen LogP contribution < -0.4 is 0 Å². The van der Waals surface area contributed by atoms with E-state index >= 15 is 0 Å². The molecule has 1 heterocycles. The molecule has 1 aliphatic heterocycles. The summed E-state index contributed by atoms with van der Waals surface area (Å²) in [5, 5.41) is 9.78. The average Bonchev–Trinajstić information content (AvgIpc) is 3.62. The predicted octanol–water partition coefficient (Wildman–Crippen LogP) is 4.47. The van der Waals surface area contributed by atoms with Gasteiger partial charge in [-0.25, -0.2) is 0 Å². The fourth-order valence-electron chi connectivity index (χ4n) is 4.83. The van der Waals surface area contributed by atoms with Gasteiger partial charge in [0.25, 0.3) is 0 Å². The fourth-order valence-corrected chi connectivity index (χ4v) is 4.83. The van der Waals surface area contributed by atoms with E-state index in [0.717, 1.165) is 16.7 Å². The maximum atomic E-state index is 11.9. The van der Waals surface area contributed by atoms with Crippen LogP contribution in [-0.2, 0) is 43.6 Å². The smallest absolute Gasteiger partial charge is 0.309 e. The summed E-state index contributed by atoms with van der Waals surface area (Å²) in [6.07, 6.45) is -1.70. The van der Waals surface area contributed by atoms with Crippen LogP contribution in [0.3, 0.4) is 0 Å². The van der Waals surface area contributed by atoms with E-state index in [1.54, 1.807) is 0 Å². The third-order valence-corrected chi connectivity index (χ3v) is 6.66. The minimum Gasteiger partial charge on any atom is -0.481 e. The van der Waals surface area contributed by atoms with Gasteiger partial charge in [0.15, 0.2) is 0 Å². The number of rotatable bonds is 11. The van der Waals surface area contributed by atoms with E-state index < -0.39 is 36.3 Å². The summed E-state index contributed by atoms with van der Waals surface area (Å²) in [4.78, 5) is 11.9. The standard InChI is InChI=1S/C29H30O6/c30-29(31)25-24-27(25)35-23(19-32-16-20-10-4-1-5-11-20)26(33-17-21-12-6-2-7-13-21)28(24)34-18-22-14-8-3-9-15-22/h1-15,23-28H,16-19H2,(H,30,31)/t23-,24+,25+,26-,27+,28-/m1/s1. The first-order valence-electron chi connectivity index (χ1n) is 12.0. The van der Waals surface area contributed by atoms with Gasteiger partial charge in [-0.2, -0.15) is 0 Å². The minimum atomic E-state index is -0.860. The van der Waals surface area contributed by atoms with Gasteiger partial charge in [0.2, 0.25) is 0 Å². The maximum absolute atomic E-state index is 11.9. The van der Waals surface area contributed by atoms with Crippen molar-refractivity contribution >= 4 is 5.97 Å². The molecule has 3 aromatic rings. The van der Waals surface area contributed by atoms with Crippen LogP contribution in [0, 0.1) is 11.8 Å². The highest BCUT2D eigenvalue weighted by Crippen LogP contribution is 2.52. The Morgan fingerprint density at radius 3 is 1.71 bits per heavy atom. The minimum absolute atomic E-state index is 0.248. The van der Waals surface area contributed by atoms with E-state index in [2.05, 4.69) is 0 Å². The first-order chi connectivity index (χ1) is 17.2. The first-order valence-corrected chi connectivity index (χ1v) is 12.0. The molecule has 0 amide bonds. The maximum Gasteiger partial charge on any atom is 0.309 e. The number of ether oxygens (including phenoxy) is 4. The van der Waals surface area contributed by atoms with Crippen LogP contribution in [0.25, 0.3) is 0 Å². The third kappa shape index (κ3) is 5.80. The van der Waals surface area contributed by atoms with Gasteiger partial charge in [-0.3, -0.25) is 4.79 Å². The second kappa shape index (κ2) is 11.1. The largest absolute Gasteiger partial charge is 0.481 e. The molecule has 182 valence electrons. The number of carboxylic acid groups (broad SMARTS) is 1. The predicted molar refractivity (Wildman–Crippen MR) is 129 cm³/mol. The highest BCUT2D eigenvalue weighted by atomic mass is 16.6. The van der Waals surface area contributed by atoms with Gasteiger partial charge in [0, 0.05) is 5.92 Å². The SMILES string of the molecule is O=C(O)[C@@H]1[C@H]2O[C@H](COCc3ccccc3)[C@@H](OCc3ccccc3)[C@H](OCc3ccccc3)[C@H]21. The molecule has 5 rings (SSSR count). The molecule has 35 heavy (non-hydrogen) atoms. The molecule has 1 saturated carbocycles. The zero-order chi connectivity index (χ0) is 24.0. The summed E-state index contributed by atoms with van der Waals surface area (Å²) in [6, 6.07) is 29.7. The number of aliphatic carboxylic acids is 1. The Kier molecular flexibility index (Phi) is 7.54. The van der Waals surface area contributed by atoms with E-state index in [4.69, 9.17) is 18.9 Å². The third-order valence-electron chi connectivity index (χ3n) is 6.66. The molecule has 1 N–H and O–H groups in total. The highest BCUT2D eigenvalue weighted by Gasteiger charge is 2.67. The molecular weight excluding hydrogens is 444 g/mol. The molecule has 3 aromatic carbocycles. The van der Waals surface area contributed by atoms with E-state index in [0.29, 0.717) is 19.8 Å². The lowest BCUT2D eigenvalue weighted by molar-refractivity contribution is -0.201. The molecule has 0 bridgehead atoms. The Morgan fingerprint density at radius 2 is 1.20 bits per heavy atom. The molecule has 0 spiro atoms. The summed E-state index contributed by atoms with van der Waals surface area (Å²) >= 11 is 0. The summed E-state index contributed by atoms with van der Waals surface area (Å²) in [6.45, 7) is 1.49. The van der Waals surface area contributed by atoms with Crippen LogP contribution in [0.5, 0.6) is 0 Å². The molecule has 0 unspecified atom stereocenters. The zero-order valence-corrected chi connectivity index (χ0v) is 19.4. The van der Waals surface area contributed by atoms with Gasteiger partial charge in [-0.05, 0) is 16.7 Å². The van der Waals surface area contributed by atoms with Crippen molar-refractivity contribution in [2.75, 3.05) is 6.61 Å². The van der Waals surface area contributed by atoms with Crippen LogP contribution in [0.1, 0.15) is 16.7 Å². The molecule has 2 aliphatic rings. The Hall–Kier alpha value is -3.03. The van der Waals surface area contributed by atoms with Crippen molar-refractivity contribution < 1.29 is 28.8 Å². The summed E-state index contributed by atoms with van der Waals surface area (Å²) < 4.78 is 25.0. The van der Waals surface area contributed by atoms with E-state index in [1.165, 1.54) is 0 Å². The lowest BCUT2D eigenvalue weighted by atomic mass is 10.00. The average molecular weight is 475 g/mol. The van der Waals surface area contributed by atoms with Crippen molar-refractivity contribution in [2.24, 2.45) is 11.8 Å². The molecular formula is C29H30O6. The number of fused-ring (bicyclic) bond motifs is 1. The monoisotopic (exact) mass is 474 g/mol. The zero-order valence-electron chi connectivity index (χ0n) is 19.4. The molecule has 0 radical (unpaired) electrons. The number of hydrogen-bond donors (Lipinski definition) is 1. The quantitative estimate of drug-likeness (QED) is 0.442. The van der Waals surface area contributed by atoms with Crippen LogP contribution in [-0.4, -0.2) is 42.1 Å². The number of hydrogen-bond acceptors (Lipinski definition) is 5. The lowest BCUT2D eigenvalue weighted by Gasteiger charge is -2.37. The Balaban J connectivity index is 1.33. The number of carboxylic acids is 1. The van der Waals surface area contributed by atoms with Crippen LogP contribution >= 0.6 is 0 Å². The molecule has 1 saturated heterocycles. The van der Waals surface area contributed by atoms with Crippen LogP contribution in [0.15, 0.2) is 91.0 Å². The second-order valence-corrected chi connectivity index (χ2v) is 9.10. The normalized spacial score (nSPS) is 27.2. The number of benzene rings is 3. The van der Waals surface area contributed by atoms with Gasteiger partial charge in [0.05, 0.1) is 44.6 Å². The van der Waals surface area contributed by atoms with Crippen molar-refractivity contribution in [3.05, 3.63) is 108 Å². The molecule has 6 nitrogen and oxygen atoms in total. The lowest BCUT2D eigenvalue weighted by Crippen LogP contribution is -2.50. The molecule has 6 atom stereocenters. The Bertz CT molecular complexity index is 1070. The summed E-state index contributed by atoms with van der Waals surface area (Å²) in [5.41, 5.74) is 3.13. The van der Waals surface area contributed by atoms with Crippen LogP contribution in [0.4, 0.5) is 0 Å². The summed E-state index contributed by atoms with van der Waals surface area (Å²) in [7, 11) is 0. The van der Waals surface area contributed by atoms with Crippen molar-refractivity contribution in [1.82, 2.24) is 0 Å². The Labute approximate surface area is 205 Å². The molecule has 6 heteroatoms. The fraction of sp³-hybridized carbons (Fsp3) is 0.345. The highest BCUT2D eigenvalue weighted by molar-refractivity contribution is 5.75. The van der Waals surface area contributed by atoms with Gasteiger partial charge >= 0.3 is 5.97 Å². The summed E-state index contributed by atoms with van der Waals surface area (Å²) in [5.74, 6) is -1.71. The molecule has 1 aliphatic carbocycles. The molecule has 0 aromatic heterocycles. The van der Waals surface area contributed by atoms with Gasteiger partial charge in [-0.1, -0.05) is 91.0 Å². The number of carbonyl (C=O) groups is 1. The van der Waals surface area contributed by atoms with Gasteiger partial charge < -0.3 is 24.1 Å². The van der Waals surface area contributed by atoms with Crippen molar-refractivity contribution in [3.8, 4) is 0 Å². The van der Waals surface area contributed by atoms with Crippen molar-refractivity contribution in [1.29, 1.82) is 0 Å². The van der Waals surface area contributed by atoms with E-state index in [-0.39, 0.29) is 12.5 Å². The van der Waals surface area contributed by atoms with Crippen molar-refractivity contribution in [3.63, 3.8) is 0 Å². The van der Waals surface area contributed by atoms with Gasteiger partial charge in [-0.15, -0.1) is 0 Å². The van der Waals surface area contributed by atoms with E-state index in [9.17, 15) is 9.90 Å².